The monoisotopic (exact) mass is 518 g/mol. The summed E-state index contributed by atoms with van der Waals surface area (Å²) in [7, 11) is 0. The van der Waals surface area contributed by atoms with Gasteiger partial charge in [0.05, 0.1) is 0 Å². The molecule has 214 valence electrons. The van der Waals surface area contributed by atoms with E-state index in [1.54, 1.807) is 5.56 Å². The molecule has 9 unspecified atom stereocenters. The standard InChI is InChI=1S/C38H62/c1-24-20-28(38(8,9)10)23-31(24)34(25-14-12-11-13-15-25)35-29-18-16-26(36(2,3)4)21-32(29)33-22-27(37(5,6)7)17-19-30(33)35/h11-15,24,26-35H,16-23H2,1-10H3/t24?,26?,27?,28?,29?,30?,31?,32?,33?,34-,35?/m1/s1. The first kappa shape index (κ1) is 28.7. The summed E-state index contributed by atoms with van der Waals surface area (Å²) in [4.78, 5) is 0. The molecule has 10 atom stereocenters. The van der Waals surface area contributed by atoms with E-state index in [-0.39, 0.29) is 0 Å². The SMILES string of the molecule is CC1CC(C(C)(C)C)CC1[C@@H](c1ccccc1)C1C2CCC(C(C)(C)C)CC2C2CC(C(C)(C)C)CCC21. The molecule has 0 saturated heterocycles. The third kappa shape index (κ3) is 5.42. The van der Waals surface area contributed by atoms with Crippen LogP contribution in [0.15, 0.2) is 30.3 Å². The predicted octanol–water partition coefficient (Wildman–Crippen LogP) is 11.3. The van der Waals surface area contributed by atoms with Crippen LogP contribution in [0.25, 0.3) is 0 Å². The van der Waals surface area contributed by atoms with Gasteiger partial charge in [-0.2, -0.15) is 0 Å². The summed E-state index contributed by atoms with van der Waals surface area (Å²) in [6.45, 7) is 25.3. The van der Waals surface area contributed by atoms with Crippen LogP contribution in [0.3, 0.4) is 0 Å². The van der Waals surface area contributed by atoms with Gasteiger partial charge in [0.15, 0.2) is 0 Å². The molecule has 4 saturated carbocycles. The van der Waals surface area contributed by atoms with E-state index in [1.165, 1.54) is 51.4 Å². The minimum Gasteiger partial charge on any atom is -0.0622 e. The van der Waals surface area contributed by atoms with Crippen LogP contribution in [-0.4, -0.2) is 0 Å². The Hall–Kier alpha value is -0.780. The maximum Gasteiger partial charge on any atom is -0.00971 e. The molecule has 5 rings (SSSR count). The Bertz CT molecular complexity index is 882. The summed E-state index contributed by atoms with van der Waals surface area (Å²) in [5, 5.41) is 0. The smallest absolute Gasteiger partial charge is 0.00971 e. The average molecular weight is 519 g/mol. The first-order valence-electron chi connectivity index (χ1n) is 16.7. The second-order valence-electron chi connectivity index (χ2n) is 18.1. The van der Waals surface area contributed by atoms with E-state index in [2.05, 4.69) is 99.6 Å². The molecule has 4 aliphatic carbocycles. The molecular formula is C38H62. The number of fused-ring (bicyclic) bond motifs is 3. The van der Waals surface area contributed by atoms with Gasteiger partial charge in [0.2, 0.25) is 0 Å². The van der Waals surface area contributed by atoms with Gasteiger partial charge in [0.1, 0.15) is 0 Å². The zero-order valence-corrected chi connectivity index (χ0v) is 26.9. The largest absolute Gasteiger partial charge is 0.0622 e. The Labute approximate surface area is 237 Å². The normalized spacial score (nSPS) is 41.0. The van der Waals surface area contributed by atoms with E-state index in [0.29, 0.717) is 16.2 Å². The molecule has 0 bridgehead atoms. The highest BCUT2D eigenvalue weighted by Crippen LogP contribution is 2.67. The number of benzene rings is 1. The molecule has 4 fully saturated rings. The molecule has 0 amide bonds. The van der Waals surface area contributed by atoms with Crippen molar-refractivity contribution in [1.82, 2.24) is 0 Å². The molecule has 1 aromatic carbocycles. The highest BCUT2D eigenvalue weighted by molar-refractivity contribution is 5.25. The van der Waals surface area contributed by atoms with Crippen LogP contribution in [-0.2, 0) is 0 Å². The molecule has 0 aromatic heterocycles. The maximum absolute atomic E-state index is 2.63. The molecule has 0 heterocycles. The van der Waals surface area contributed by atoms with Gasteiger partial charge in [0.25, 0.3) is 0 Å². The fourth-order valence-corrected chi connectivity index (χ4v) is 10.7. The van der Waals surface area contributed by atoms with Crippen molar-refractivity contribution in [3.63, 3.8) is 0 Å². The predicted molar refractivity (Wildman–Crippen MR) is 165 cm³/mol. The molecule has 0 nitrogen and oxygen atoms in total. The zero-order valence-electron chi connectivity index (χ0n) is 26.9. The lowest BCUT2D eigenvalue weighted by atomic mass is 9.61. The van der Waals surface area contributed by atoms with Crippen LogP contribution in [0.2, 0.25) is 0 Å². The number of rotatable bonds is 3. The zero-order chi connectivity index (χ0) is 27.6. The lowest BCUT2D eigenvalue weighted by Crippen LogP contribution is -2.35. The van der Waals surface area contributed by atoms with E-state index in [0.717, 1.165) is 65.1 Å². The van der Waals surface area contributed by atoms with E-state index in [4.69, 9.17) is 0 Å². The van der Waals surface area contributed by atoms with Gasteiger partial charge in [0, 0.05) is 0 Å². The minimum absolute atomic E-state index is 0.431. The Balaban J connectivity index is 1.54. The van der Waals surface area contributed by atoms with Crippen molar-refractivity contribution >= 4 is 0 Å². The van der Waals surface area contributed by atoms with Gasteiger partial charge >= 0.3 is 0 Å². The van der Waals surface area contributed by atoms with Crippen molar-refractivity contribution in [2.45, 2.75) is 127 Å². The van der Waals surface area contributed by atoms with Gasteiger partial charge in [-0.3, -0.25) is 0 Å². The molecule has 0 heteroatoms. The second-order valence-corrected chi connectivity index (χ2v) is 18.1. The molecule has 4 aliphatic rings. The van der Waals surface area contributed by atoms with Crippen LogP contribution >= 0.6 is 0 Å². The van der Waals surface area contributed by atoms with Crippen molar-refractivity contribution in [3.8, 4) is 0 Å². The summed E-state index contributed by atoms with van der Waals surface area (Å²) in [5.74, 6) is 9.89. The quantitative estimate of drug-likeness (QED) is 0.373. The van der Waals surface area contributed by atoms with Gasteiger partial charge in [-0.1, -0.05) is 99.6 Å². The van der Waals surface area contributed by atoms with E-state index in [9.17, 15) is 0 Å². The van der Waals surface area contributed by atoms with E-state index in [1.807, 2.05) is 0 Å². The topological polar surface area (TPSA) is 0 Å². The van der Waals surface area contributed by atoms with Crippen molar-refractivity contribution in [1.29, 1.82) is 0 Å². The molecular weight excluding hydrogens is 456 g/mol. The van der Waals surface area contributed by atoms with Gasteiger partial charge < -0.3 is 0 Å². The average Bonchev–Trinajstić information content (AvgIpc) is 3.37. The van der Waals surface area contributed by atoms with E-state index >= 15 is 0 Å². The molecule has 0 spiro atoms. The fraction of sp³-hybridized carbons (Fsp3) is 0.842. The lowest BCUT2D eigenvalue weighted by Gasteiger charge is -2.44. The Morgan fingerprint density at radius 3 is 1.45 bits per heavy atom. The summed E-state index contributed by atoms with van der Waals surface area (Å²) >= 11 is 0. The number of hydrogen-bond donors (Lipinski definition) is 0. The number of hydrogen-bond acceptors (Lipinski definition) is 0. The van der Waals surface area contributed by atoms with Gasteiger partial charge in [-0.15, -0.1) is 0 Å². The molecule has 0 radical (unpaired) electrons. The van der Waals surface area contributed by atoms with Crippen molar-refractivity contribution in [3.05, 3.63) is 35.9 Å². The molecule has 38 heavy (non-hydrogen) atoms. The van der Waals surface area contributed by atoms with Crippen molar-refractivity contribution in [2.75, 3.05) is 0 Å². The highest BCUT2D eigenvalue weighted by Gasteiger charge is 2.59. The van der Waals surface area contributed by atoms with Crippen LogP contribution in [0.5, 0.6) is 0 Å². The summed E-state index contributed by atoms with van der Waals surface area (Å²) in [6.07, 6.45) is 11.8. The third-order valence-corrected chi connectivity index (χ3v) is 13.1. The third-order valence-electron chi connectivity index (χ3n) is 13.1. The first-order valence-corrected chi connectivity index (χ1v) is 16.7. The van der Waals surface area contributed by atoms with Crippen LogP contribution in [0.1, 0.15) is 132 Å². The van der Waals surface area contributed by atoms with Crippen LogP contribution < -0.4 is 0 Å². The van der Waals surface area contributed by atoms with Crippen molar-refractivity contribution < 1.29 is 0 Å². The fourth-order valence-electron chi connectivity index (χ4n) is 10.7. The van der Waals surface area contributed by atoms with Crippen LogP contribution in [0, 0.1) is 75.4 Å². The first-order chi connectivity index (χ1) is 17.7. The highest BCUT2D eigenvalue weighted by atomic mass is 14.6. The van der Waals surface area contributed by atoms with Gasteiger partial charge in [-0.25, -0.2) is 0 Å². The lowest BCUT2D eigenvalue weighted by molar-refractivity contribution is 0.0542. The molecule has 1 aromatic rings. The summed E-state index contributed by atoms with van der Waals surface area (Å²) in [5.41, 5.74) is 3.03. The van der Waals surface area contributed by atoms with Crippen molar-refractivity contribution in [2.24, 2.45) is 75.4 Å². The maximum atomic E-state index is 2.63. The second kappa shape index (κ2) is 10.2. The molecule has 0 N–H and O–H groups in total. The Morgan fingerprint density at radius 1 is 0.553 bits per heavy atom. The van der Waals surface area contributed by atoms with Crippen LogP contribution in [0.4, 0.5) is 0 Å². The van der Waals surface area contributed by atoms with E-state index < -0.39 is 0 Å². The summed E-state index contributed by atoms with van der Waals surface area (Å²) < 4.78 is 0. The Morgan fingerprint density at radius 2 is 1.03 bits per heavy atom. The summed E-state index contributed by atoms with van der Waals surface area (Å²) in [6, 6.07) is 12.0. The Kier molecular flexibility index (Phi) is 7.75. The molecule has 0 aliphatic heterocycles. The van der Waals surface area contributed by atoms with Gasteiger partial charge in [-0.05, 0) is 138 Å². The minimum atomic E-state index is 0.431.